The number of rotatable bonds is 2. The molecule has 0 spiro atoms. The van der Waals surface area contributed by atoms with E-state index in [1.54, 1.807) is 0 Å². The molecule has 0 aliphatic heterocycles. The van der Waals surface area contributed by atoms with Gasteiger partial charge in [-0.15, -0.1) is 0 Å². The molecule has 16 aromatic rings. The van der Waals surface area contributed by atoms with E-state index in [2.05, 4.69) is 179 Å². The molecule has 0 radical (unpaired) electrons. The van der Waals surface area contributed by atoms with Crippen molar-refractivity contribution in [3.05, 3.63) is 170 Å². The van der Waals surface area contributed by atoms with Gasteiger partial charge < -0.3 is 26.8 Å². The van der Waals surface area contributed by atoms with Crippen LogP contribution in [0.2, 0.25) is 0 Å². The second-order valence-corrected chi connectivity index (χ2v) is 20.5. The van der Waals surface area contributed by atoms with E-state index in [0.29, 0.717) is 0 Å². The first-order valence-corrected chi connectivity index (χ1v) is 23.5. The smallest absolute Gasteiger partial charge is 0.148 e. The topological polar surface area (TPSA) is 62.4 Å². The Bertz CT molecular complexity index is 4330. The van der Waals surface area contributed by atoms with Gasteiger partial charge in [0, 0.05) is 32.9 Å². The van der Waals surface area contributed by atoms with E-state index in [0.717, 1.165) is 121 Å². The quantitative estimate of drug-likeness (QED) is 0.129. The van der Waals surface area contributed by atoms with Crippen LogP contribution in [-0.4, -0.2) is 9.13 Å². The fraction of sp³-hybridized carbons (Fsp3) is 0. The Hall–Kier alpha value is -7.62. The lowest BCUT2D eigenvalue weighted by molar-refractivity contribution is 0.651. The Morgan fingerprint density at radius 2 is 0.710 bits per heavy atom. The minimum atomic E-state index is -1.10. The van der Waals surface area contributed by atoms with Crippen molar-refractivity contribution < 1.29 is 17.7 Å². The first-order valence-electron chi connectivity index (χ1n) is 20.8. The molecule has 6 heterocycles. The molecule has 8 heteroatoms. The Morgan fingerprint density at radius 3 is 1.16 bits per heavy atom. The SMILES string of the molecule is c1ccc(-n2c3cc4ccccc4c4oc5cccc6oc7cc8c(cc9oc%10cccc%11oc%12c%13ccccc%13cc%13c%12p(c%10%11)c9c8n%13-c8ccccc8)c2c7p(c65)c43)cc1. The van der Waals surface area contributed by atoms with Gasteiger partial charge in [0.25, 0.3) is 0 Å². The van der Waals surface area contributed by atoms with Gasteiger partial charge in [-0.1, -0.05) is 112 Å². The Labute approximate surface area is 351 Å². The number of nitrogens with zero attached hydrogens (tertiary/aromatic N) is 2. The van der Waals surface area contributed by atoms with Crippen LogP contribution in [0.15, 0.2) is 188 Å². The molecular weight excluding hydrogens is 803 g/mol. The van der Waals surface area contributed by atoms with Gasteiger partial charge in [0.2, 0.25) is 0 Å². The molecule has 2 atom stereocenters. The summed E-state index contributed by atoms with van der Waals surface area (Å²) in [5.41, 5.74) is 13.7. The molecule has 288 valence electrons. The summed E-state index contributed by atoms with van der Waals surface area (Å²) in [5.74, 6) is 0. The lowest BCUT2D eigenvalue weighted by Gasteiger charge is -2.26. The molecule has 16 rings (SSSR count). The molecule has 0 saturated heterocycles. The summed E-state index contributed by atoms with van der Waals surface area (Å²) in [4.78, 5) is 0. The number of fused-ring (bicyclic) bond motifs is 7. The van der Waals surface area contributed by atoms with Crippen molar-refractivity contribution in [2.75, 3.05) is 0 Å². The van der Waals surface area contributed by atoms with Crippen LogP contribution in [0.4, 0.5) is 0 Å². The van der Waals surface area contributed by atoms with E-state index in [4.69, 9.17) is 17.7 Å². The minimum absolute atomic E-state index is 0.855. The number of para-hydroxylation sites is 2. The van der Waals surface area contributed by atoms with E-state index >= 15 is 0 Å². The third-order valence-corrected chi connectivity index (χ3v) is 18.6. The van der Waals surface area contributed by atoms with Crippen LogP contribution in [0.3, 0.4) is 0 Å². The second kappa shape index (κ2) is 11.2. The van der Waals surface area contributed by atoms with E-state index < -0.39 is 14.7 Å². The van der Waals surface area contributed by atoms with Gasteiger partial charge >= 0.3 is 0 Å². The summed E-state index contributed by atoms with van der Waals surface area (Å²) >= 11 is 0. The van der Waals surface area contributed by atoms with Gasteiger partial charge in [-0.3, -0.25) is 0 Å². The predicted octanol–water partition coefficient (Wildman–Crippen LogP) is 17.2. The monoisotopic (exact) mass is 830 g/mol. The Kier molecular flexibility index (Phi) is 5.81. The molecule has 0 fully saturated rings. The summed E-state index contributed by atoms with van der Waals surface area (Å²) in [5, 5.41) is 13.8. The fourth-order valence-corrected chi connectivity index (χ4v) is 16.6. The zero-order valence-corrected chi connectivity index (χ0v) is 34.4. The molecule has 0 bridgehead atoms. The normalized spacial score (nSPS) is 13.4. The van der Waals surface area contributed by atoms with Gasteiger partial charge in [-0.05, 0) is 83.6 Å². The number of aromatic nitrogens is 2. The average Bonchev–Trinajstić information content (AvgIpc) is 3.32. The largest absolute Gasteiger partial charge is 0.455 e. The van der Waals surface area contributed by atoms with E-state index in [9.17, 15) is 0 Å². The van der Waals surface area contributed by atoms with Gasteiger partial charge in [-0.25, -0.2) is 0 Å². The van der Waals surface area contributed by atoms with Gasteiger partial charge in [0.05, 0.1) is 52.8 Å². The molecule has 10 aromatic carbocycles. The maximum absolute atomic E-state index is 7.22. The van der Waals surface area contributed by atoms with E-state index in [-0.39, 0.29) is 0 Å². The highest BCUT2D eigenvalue weighted by Gasteiger charge is 2.30. The third-order valence-electron chi connectivity index (χ3n) is 13.3. The second-order valence-electron chi connectivity index (χ2n) is 16.5. The van der Waals surface area contributed by atoms with Gasteiger partial charge in [-0.2, -0.15) is 0 Å². The van der Waals surface area contributed by atoms with Crippen LogP contribution < -0.4 is 0 Å². The molecule has 0 aliphatic rings. The van der Waals surface area contributed by atoms with Gasteiger partial charge in [0.15, 0.2) is 0 Å². The van der Waals surface area contributed by atoms with Crippen molar-refractivity contribution in [1.82, 2.24) is 9.13 Å². The molecule has 0 saturated carbocycles. The molecule has 0 amide bonds. The third kappa shape index (κ3) is 3.82. The average molecular weight is 831 g/mol. The fourth-order valence-electron chi connectivity index (χ4n) is 10.9. The first-order chi connectivity index (χ1) is 30.8. The number of benzene rings is 10. The predicted molar refractivity (Wildman–Crippen MR) is 258 cm³/mol. The lowest BCUT2D eigenvalue weighted by atomic mass is 10.0. The highest BCUT2D eigenvalue weighted by Crippen LogP contribution is 2.61. The molecule has 0 aliphatic carbocycles. The minimum Gasteiger partial charge on any atom is -0.455 e. The summed E-state index contributed by atoms with van der Waals surface area (Å²) in [6.07, 6.45) is 0. The zero-order chi connectivity index (χ0) is 39.9. The van der Waals surface area contributed by atoms with Crippen LogP contribution in [0.25, 0.3) is 141 Å². The summed E-state index contributed by atoms with van der Waals surface area (Å²) < 4.78 is 33.4. The van der Waals surface area contributed by atoms with Gasteiger partial charge in [0.1, 0.15) is 44.7 Å². The number of hydrogen-bond donors (Lipinski definition) is 0. The van der Waals surface area contributed by atoms with E-state index in [1.807, 2.05) is 0 Å². The van der Waals surface area contributed by atoms with E-state index in [1.165, 1.54) is 20.5 Å². The highest BCUT2D eigenvalue weighted by atomic mass is 31.1. The van der Waals surface area contributed by atoms with Crippen LogP contribution in [0.5, 0.6) is 0 Å². The molecular formula is C54H28N2O4P2. The van der Waals surface area contributed by atoms with Crippen molar-refractivity contribution in [3.63, 3.8) is 0 Å². The molecule has 6 nitrogen and oxygen atoms in total. The first kappa shape index (κ1) is 32.2. The molecule has 0 N–H and O–H groups in total. The van der Waals surface area contributed by atoms with Crippen molar-refractivity contribution >= 4 is 144 Å². The number of hydrogen-bond acceptors (Lipinski definition) is 4. The van der Waals surface area contributed by atoms with Crippen molar-refractivity contribution in [1.29, 1.82) is 0 Å². The summed E-state index contributed by atoms with van der Waals surface area (Å²) in [6.45, 7) is 0. The maximum atomic E-state index is 7.22. The van der Waals surface area contributed by atoms with Crippen LogP contribution in [0, 0.1) is 0 Å². The Morgan fingerprint density at radius 1 is 0.306 bits per heavy atom. The summed E-state index contributed by atoms with van der Waals surface area (Å²) in [7, 11) is -2.20. The van der Waals surface area contributed by atoms with Crippen molar-refractivity contribution in [2.24, 2.45) is 0 Å². The highest BCUT2D eigenvalue weighted by molar-refractivity contribution is 7.64. The standard InChI is InChI=1S/C54H28N2O4P2/c1-3-15-31(16-4-1)55-37-25-29-13-7-9-19-33(29)47-49(37)61-51-39(21-11-23-41(51)59-47)57-43-28-36-35(45(55)53(43)61)27-44-54-46(36)56(32-17-5-2-6-18-32)38-26-30-14-8-10-20-34(30)48-50(38)62(54)52-40(58-44)22-12-24-42(52)60-48/h1-28H. The van der Waals surface area contributed by atoms with Crippen LogP contribution >= 0.6 is 14.7 Å². The molecule has 2 unspecified atom stereocenters. The van der Waals surface area contributed by atoms with Crippen molar-refractivity contribution in [3.8, 4) is 11.4 Å². The molecule has 62 heavy (non-hydrogen) atoms. The Balaban J connectivity index is 1.28. The van der Waals surface area contributed by atoms with Crippen molar-refractivity contribution in [2.45, 2.75) is 0 Å². The summed E-state index contributed by atoms with van der Waals surface area (Å²) in [6, 6.07) is 60.8. The zero-order valence-electron chi connectivity index (χ0n) is 32.6. The maximum Gasteiger partial charge on any atom is 0.148 e. The van der Waals surface area contributed by atoms with Crippen LogP contribution in [0.1, 0.15) is 0 Å². The van der Waals surface area contributed by atoms with Crippen LogP contribution in [-0.2, 0) is 0 Å². The lowest BCUT2D eigenvalue weighted by Crippen LogP contribution is -2.04. The molecule has 6 aromatic heterocycles.